The lowest BCUT2D eigenvalue weighted by Gasteiger charge is -2.49. The molecular weight excluding hydrogens is 460 g/mol. The third-order valence-electron chi connectivity index (χ3n) is 8.31. The fourth-order valence-electron chi connectivity index (χ4n) is 6.39. The highest BCUT2D eigenvalue weighted by Crippen LogP contribution is 2.58. The maximum absolute atomic E-state index is 3.34. The van der Waals surface area contributed by atoms with Gasteiger partial charge in [0.15, 0.2) is 0 Å². The summed E-state index contributed by atoms with van der Waals surface area (Å²) in [6.45, 7) is 0. The summed E-state index contributed by atoms with van der Waals surface area (Å²) in [5.41, 5.74) is 5.89. The Morgan fingerprint density at radius 2 is 1.00 bits per heavy atom. The molecule has 3 heteroatoms. The molecule has 0 radical (unpaired) electrons. The molecule has 0 spiro atoms. The summed E-state index contributed by atoms with van der Waals surface area (Å²) in [6.07, 6.45) is 15.6. The van der Waals surface area contributed by atoms with Crippen molar-refractivity contribution in [3.63, 3.8) is 0 Å². The van der Waals surface area contributed by atoms with Crippen molar-refractivity contribution in [3.8, 4) is 0 Å². The molecule has 184 valence electrons. The molecule has 1 nitrogen and oxygen atoms in total. The van der Waals surface area contributed by atoms with E-state index in [1.54, 1.807) is 0 Å². The Morgan fingerprint density at radius 1 is 0.600 bits per heavy atom. The minimum atomic E-state index is -0.298. The third kappa shape index (κ3) is 5.68. The van der Waals surface area contributed by atoms with Gasteiger partial charge in [0.05, 0.1) is 0 Å². The van der Waals surface area contributed by atoms with Crippen LogP contribution in [0.3, 0.4) is 0 Å². The highest BCUT2D eigenvalue weighted by molar-refractivity contribution is 7.59. The molecule has 2 saturated carbocycles. The predicted octanol–water partition coefficient (Wildman–Crippen LogP) is 9.37. The molecule has 3 aromatic carbocycles. The summed E-state index contributed by atoms with van der Waals surface area (Å²) >= 11 is 0. The van der Waals surface area contributed by atoms with E-state index in [0.717, 1.165) is 11.3 Å². The maximum atomic E-state index is 3.34. The van der Waals surface area contributed by atoms with Crippen LogP contribution in [0.1, 0.15) is 75.3 Å². The second-order valence-corrected chi connectivity index (χ2v) is 14.1. The van der Waals surface area contributed by atoms with Crippen LogP contribution in [-0.4, -0.2) is 17.6 Å². The van der Waals surface area contributed by atoms with E-state index in [1.165, 1.54) is 87.3 Å². The average Bonchev–Trinajstić information content (AvgIpc) is 2.95. The number of hydrogen-bond acceptors (Lipinski definition) is 1. The van der Waals surface area contributed by atoms with E-state index < -0.39 is 0 Å². The molecule has 0 aromatic heterocycles. The smallest absolute Gasteiger partial charge is 0.104 e. The van der Waals surface area contributed by atoms with Crippen LogP contribution >= 0.6 is 17.2 Å². The number of rotatable bonds is 8. The van der Waals surface area contributed by atoms with Crippen LogP contribution in [0, 0.1) is 0 Å². The van der Waals surface area contributed by atoms with Crippen LogP contribution in [0.15, 0.2) is 91.0 Å². The first-order valence-corrected chi connectivity index (χ1v) is 16.0. The molecule has 2 aliphatic carbocycles. The van der Waals surface area contributed by atoms with Crippen molar-refractivity contribution in [1.29, 1.82) is 0 Å². The first-order chi connectivity index (χ1) is 17.3. The summed E-state index contributed by atoms with van der Waals surface area (Å²) < 4.78 is 0. The van der Waals surface area contributed by atoms with E-state index in [1.807, 2.05) is 0 Å². The van der Waals surface area contributed by atoms with Crippen molar-refractivity contribution in [2.24, 2.45) is 0 Å². The monoisotopic (exact) mass is 501 g/mol. The van der Waals surface area contributed by atoms with E-state index in [2.05, 4.69) is 105 Å². The lowest BCUT2D eigenvalue weighted by molar-refractivity contribution is 0.483. The van der Waals surface area contributed by atoms with Gasteiger partial charge in [-0.05, 0) is 60.3 Å². The summed E-state index contributed by atoms with van der Waals surface area (Å²) in [4.78, 5) is 2.78. The van der Waals surface area contributed by atoms with Gasteiger partial charge in [-0.2, -0.15) is 0 Å². The second kappa shape index (κ2) is 12.0. The molecule has 3 aromatic rings. The van der Waals surface area contributed by atoms with E-state index in [4.69, 9.17) is 0 Å². The van der Waals surface area contributed by atoms with Gasteiger partial charge in [0, 0.05) is 12.0 Å². The number of benzene rings is 3. The molecule has 2 aliphatic rings. The van der Waals surface area contributed by atoms with Crippen LogP contribution in [0.4, 0.5) is 5.69 Å². The number of anilines is 1. The second-order valence-electron chi connectivity index (χ2n) is 10.5. The summed E-state index contributed by atoms with van der Waals surface area (Å²) in [6, 6.07) is 33.6. The molecule has 0 amide bonds. The van der Waals surface area contributed by atoms with Crippen molar-refractivity contribution in [1.82, 2.24) is 0 Å². The van der Waals surface area contributed by atoms with Gasteiger partial charge in [-0.1, -0.05) is 135 Å². The molecule has 1 atom stereocenters. The topological polar surface area (TPSA) is 3.24 Å². The quantitative estimate of drug-likeness (QED) is 0.278. The summed E-state index contributed by atoms with van der Waals surface area (Å²) in [7, 11) is 3.24. The summed E-state index contributed by atoms with van der Waals surface area (Å²) in [5, 5.41) is -0.298. The average molecular weight is 502 g/mol. The number of nitrogens with zero attached hydrogens (tertiary/aromatic N) is 1. The lowest BCUT2D eigenvalue weighted by atomic mass is 9.95. The van der Waals surface area contributed by atoms with Crippen molar-refractivity contribution in [3.05, 3.63) is 102 Å². The van der Waals surface area contributed by atoms with E-state index in [0.29, 0.717) is 0 Å². The predicted molar refractivity (Wildman–Crippen MR) is 158 cm³/mol. The molecule has 0 saturated heterocycles. The third-order valence-corrected chi connectivity index (χ3v) is 12.8. The van der Waals surface area contributed by atoms with Gasteiger partial charge in [0.2, 0.25) is 0 Å². The normalized spacial score (nSPS) is 18.0. The first kappa shape index (κ1) is 25.0. The Hall–Kier alpha value is -1.68. The molecule has 0 bridgehead atoms. The largest absolute Gasteiger partial charge is 0.350 e. The Morgan fingerprint density at radius 3 is 1.43 bits per heavy atom. The van der Waals surface area contributed by atoms with Gasteiger partial charge in [-0.3, -0.25) is 0 Å². The van der Waals surface area contributed by atoms with Crippen LogP contribution < -0.4 is 4.90 Å². The molecule has 1 unspecified atom stereocenters. The fraction of sp³-hybridized carbons (Fsp3) is 0.438. The highest BCUT2D eigenvalue weighted by Gasteiger charge is 2.40. The lowest BCUT2D eigenvalue weighted by Crippen LogP contribution is -2.44. The van der Waals surface area contributed by atoms with Crippen LogP contribution in [0.5, 0.6) is 0 Å². The number of hydrogen-bond donors (Lipinski definition) is 0. The van der Waals surface area contributed by atoms with Crippen molar-refractivity contribution in [2.75, 3.05) is 11.2 Å². The van der Waals surface area contributed by atoms with Gasteiger partial charge in [0.1, 0.15) is 5.28 Å². The van der Waals surface area contributed by atoms with Crippen LogP contribution in [0.25, 0.3) is 0 Å². The number of para-hydroxylation sites is 1. The van der Waals surface area contributed by atoms with Gasteiger partial charge in [-0.25, -0.2) is 0 Å². The molecule has 0 aliphatic heterocycles. The standard InChI is InChI=1S/C32H41NP2/c34-32(27-16-6-1-7-17-27,28-18-8-2-9-19-28)33(29-20-10-3-11-21-29)26-35(30-22-12-4-13-23-30)31-24-14-5-15-25-31/h1-3,6-11,16-21,30-31H,4-5,12-15,22-26,34H2. The van der Waals surface area contributed by atoms with E-state index in [9.17, 15) is 0 Å². The molecule has 0 heterocycles. The Balaban J connectivity index is 1.61. The van der Waals surface area contributed by atoms with Gasteiger partial charge < -0.3 is 4.90 Å². The van der Waals surface area contributed by atoms with Crippen molar-refractivity contribution < 1.29 is 0 Å². The van der Waals surface area contributed by atoms with Gasteiger partial charge in [0.25, 0.3) is 0 Å². The minimum Gasteiger partial charge on any atom is -0.350 e. The van der Waals surface area contributed by atoms with E-state index in [-0.39, 0.29) is 13.2 Å². The minimum absolute atomic E-state index is 0.0924. The molecule has 2 fully saturated rings. The zero-order chi connectivity index (χ0) is 23.9. The van der Waals surface area contributed by atoms with Gasteiger partial charge in [-0.15, -0.1) is 0 Å². The fourth-order valence-corrected chi connectivity index (χ4v) is 11.0. The van der Waals surface area contributed by atoms with Crippen LogP contribution in [0.2, 0.25) is 0 Å². The Labute approximate surface area is 216 Å². The zero-order valence-corrected chi connectivity index (χ0v) is 23.1. The Bertz CT molecular complexity index is 954. The van der Waals surface area contributed by atoms with Crippen molar-refractivity contribution in [2.45, 2.75) is 80.8 Å². The molecule has 5 rings (SSSR count). The maximum Gasteiger partial charge on any atom is 0.104 e. The van der Waals surface area contributed by atoms with Gasteiger partial charge >= 0.3 is 0 Å². The highest BCUT2D eigenvalue weighted by atomic mass is 31.1. The van der Waals surface area contributed by atoms with E-state index >= 15 is 0 Å². The Kier molecular flexibility index (Phi) is 8.59. The van der Waals surface area contributed by atoms with Crippen LogP contribution in [-0.2, 0) is 5.28 Å². The molecule has 35 heavy (non-hydrogen) atoms. The SMILES string of the molecule is PC(c1ccccc1)(c1ccccc1)N(CP(C1CCCCC1)C1CCCCC1)c1ccccc1. The first-order valence-electron chi connectivity index (χ1n) is 13.7. The zero-order valence-electron chi connectivity index (χ0n) is 21.1. The summed E-state index contributed by atoms with van der Waals surface area (Å²) in [5.74, 6) is 0. The molecule has 0 N–H and O–H groups in total. The molecular formula is C32H41NP2. The van der Waals surface area contributed by atoms with Crippen molar-refractivity contribution >= 4 is 22.8 Å².